The first-order valence-electron chi connectivity index (χ1n) is 4.54. The van der Waals surface area contributed by atoms with Crippen LogP contribution in [0.3, 0.4) is 0 Å². The van der Waals surface area contributed by atoms with Crippen LogP contribution in [0.2, 0.25) is 0 Å². The van der Waals surface area contributed by atoms with Crippen LogP contribution in [0.4, 0.5) is 0 Å². The molecule has 2 aromatic heterocycles. The second kappa shape index (κ2) is 4.63. The monoisotopic (exact) mass is 284 g/mol. The van der Waals surface area contributed by atoms with Gasteiger partial charge in [0.15, 0.2) is 11.6 Å². The lowest BCUT2D eigenvalue weighted by Crippen LogP contribution is -2.13. The average molecular weight is 285 g/mol. The van der Waals surface area contributed by atoms with Gasteiger partial charge < -0.3 is 14.1 Å². The number of aromatic nitrogens is 2. The lowest BCUT2D eigenvalue weighted by molar-refractivity contribution is 0.180. The van der Waals surface area contributed by atoms with Gasteiger partial charge in [0.2, 0.25) is 0 Å². The predicted molar refractivity (Wildman–Crippen MR) is 61.0 cm³/mol. The summed E-state index contributed by atoms with van der Waals surface area (Å²) in [5.74, 6) is 0.909. The molecule has 0 saturated heterocycles. The van der Waals surface area contributed by atoms with E-state index in [0.29, 0.717) is 21.8 Å². The standard InChI is InChI=1S/C10H9BrN2O3/c1-15-5-6-8(11)10(14)13-9(12-6)7-3-2-4-16-7/h2-4H,5H2,1H3,(H,12,13,14). The Kier molecular flexibility index (Phi) is 3.21. The zero-order valence-electron chi connectivity index (χ0n) is 8.49. The molecular formula is C10H9BrN2O3. The number of aromatic amines is 1. The maximum absolute atomic E-state index is 11.6. The molecule has 0 aliphatic carbocycles. The van der Waals surface area contributed by atoms with Gasteiger partial charge in [-0.25, -0.2) is 4.98 Å². The van der Waals surface area contributed by atoms with Crippen molar-refractivity contribution in [1.82, 2.24) is 9.97 Å². The van der Waals surface area contributed by atoms with Crippen molar-refractivity contribution in [2.45, 2.75) is 6.61 Å². The fourth-order valence-electron chi connectivity index (χ4n) is 1.27. The molecule has 0 fully saturated rings. The molecule has 0 atom stereocenters. The normalized spacial score (nSPS) is 10.6. The molecule has 0 amide bonds. The van der Waals surface area contributed by atoms with Crippen LogP contribution in [0.15, 0.2) is 32.1 Å². The van der Waals surface area contributed by atoms with E-state index in [2.05, 4.69) is 25.9 Å². The number of nitrogens with one attached hydrogen (secondary N) is 1. The van der Waals surface area contributed by atoms with Gasteiger partial charge in [0.25, 0.3) is 5.56 Å². The molecule has 0 saturated carbocycles. The molecule has 2 heterocycles. The van der Waals surface area contributed by atoms with Gasteiger partial charge in [-0.3, -0.25) is 4.79 Å². The van der Waals surface area contributed by atoms with Gasteiger partial charge in [0.05, 0.1) is 18.6 Å². The molecule has 0 bridgehead atoms. The van der Waals surface area contributed by atoms with Gasteiger partial charge in [-0.05, 0) is 28.1 Å². The largest absolute Gasteiger partial charge is 0.461 e. The summed E-state index contributed by atoms with van der Waals surface area (Å²) in [6, 6.07) is 3.45. The molecule has 2 rings (SSSR count). The summed E-state index contributed by atoms with van der Waals surface area (Å²) in [5, 5.41) is 0. The SMILES string of the molecule is COCc1nc(-c2ccco2)[nH]c(=O)c1Br. The van der Waals surface area contributed by atoms with Crippen molar-refractivity contribution < 1.29 is 9.15 Å². The summed E-state index contributed by atoms with van der Waals surface area (Å²) in [7, 11) is 1.54. The summed E-state index contributed by atoms with van der Waals surface area (Å²) in [6.45, 7) is 0.262. The summed E-state index contributed by atoms with van der Waals surface area (Å²) < 4.78 is 10.5. The topological polar surface area (TPSA) is 68.1 Å². The van der Waals surface area contributed by atoms with Crippen molar-refractivity contribution in [3.63, 3.8) is 0 Å². The quantitative estimate of drug-likeness (QED) is 0.935. The van der Waals surface area contributed by atoms with Gasteiger partial charge in [0.1, 0.15) is 4.47 Å². The van der Waals surface area contributed by atoms with Crippen LogP contribution in [-0.4, -0.2) is 17.1 Å². The van der Waals surface area contributed by atoms with E-state index in [0.717, 1.165) is 0 Å². The highest BCUT2D eigenvalue weighted by atomic mass is 79.9. The fraction of sp³-hybridized carbons (Fsp3) is 0.200. The number of H-pyrrole nitrogens is 1. The Morgan fingerprint density at radius 1 is 1.62 bits per heavy atom. The molecule has 0 aliphatic heterocycles. The number of halogens is 1. The van der Waals surface area contributed by atoms with E-state index < -0.39 is 0 Å². The first-order valence-corrected chi connectivity index (χ1v) is 5.33. The summed E-state index contributed by atoms with van der Waals surface area (Å²) in [4.78, 5) is 18.4. The Labute approximate surface area is 99.6 Å². The summed E-state index contributed by atoms with van der Waals surface area (Å²) >= 11 is 3.16. The molecule has 5 nitrogen and oxygen atoms in total. The highest BCUT2D eigenvalue weighted by molar-refractivity contribution is 9.10. The highest BCUT2D eigenvalue weighted by Crippen LogP contribution is 2.17. The number of methoxy groups -OCH3 is 1. The van der Waals surface area contributed by atoms with Gasteiger partial charge in [-0.2, -0.15) is 0 Å². The molecular weight excluding hydrogens is 276 g/mol. The van der Waals surface area contributed by atoms with Gasteiger partial charge in [-0.15, -0.1) is 0 Å². The first-order chi connectivity index (χ1) is 7.72. The Bertz CT molecular complexity index is 533. The predicted octanol–water partition coefficient (Wildman–Crippen LogP) is 1.94. The van der Waals surface area contributed by atoms with Crippen LogP contribution in [-0.2, 0) is 11.3 Å². The van der Waals surface area contributed by atoms with E-state index in [1.165, 1.54) is 6.26 Å². The van der Waals surface area contributed by atoms with Crippen molar-refractivity contribution in [2.24, 2.45) is 0 Å². The van der Waals surface area contributed by atoms with E-state index in [-0.39, 0.29) is 12.2 Å². The second-order valence-corrected chi connectivity index (χ2v) is 3.88. The van der Waals surface area contributed by atoms with Crippen molar-refractivity contribution >= 4 is 15.9 Å². The minimum absolute atomic E-state index is 0.256. The Balaban J connectivity index is 2.53. The lowest BCUT2D eigenvalue weighted by atomic mass is 10.3. The number of hydrogen-bond donors (Lipinski definition) is 1. The molecule has 0 aliphatic rings. The number of hydrogen-bond acceptors (Lipinski definition) is 4. The van der Waals surface area contributed by atoms with Crippen molar-refractivity contribution in [2.75, 3.05) is 7.11 Å². The van der Waals surface area contributed by atoms with Crippen LogP contribution < -0.4 is 5.56 Å². The molecule has 0 radical (unpaired) electrons. The van der Waals surface area contributed by atoms with E-state index in [1.807, 2.05) is 0 Å². The van der Waals surface area contributed by atoms with Crippen LogP contribution in [0.5, 0.6) is 0 Å². The first kappa shape index (κ1) is 11.1. The Morgan fingerprint density at radius 3 is 3.06 bits per heavy atom. The molecule has 6 heteroatoms. The highest BCUT2D eigenvalue weighted by Gasteiger charge is 2.11. The second-order valence-electron chi connectivity index (χ2n) is 3.09. The van der Waals surface area contributed by atoms with E-state index >= 15 is 0 Å². The van der Waals surface area contributed by atoms with E-state index in [9.17, 15) is 4.79 Å². The summed E-state index contributed by atoms with van der Waals surface area (Å²) in [5.41, 5.74) is 0.283. The number of ether oxygens (including phenoxy) is 1. The van der Waals surface area contributed by atoms with Gasteiger partial charge in [-0.1, -0.05) is 0 Å². The zero-order chi connectivity index (χ0) is 11.5. The minimum atomic E-state index is -0.256. The van der Waals surface area contributed by atoms with Crippen LogP contribution in [0, 0.1) is 0 Å². The third-order valence-electron chi connectivity index (χ3n) is 1.97. The zero-order valence-corrected chi connectivity index (χ0v) is 10.1. The number of furan rings is 1. The molecule has 1 N–H and O–H groups in total. The maximum Gasteiger partial charge on any atom is 0.265 e. The third-order valence-corrected chi connectivity index (χ3v) is 2.78. The Hall–Kier alpha value is -1.40. The van der Waals surface area contributed by atoms with E-state index in [4.69, 9.17) is 9.15 Å². The van der Waals surface area contributed by atoms with Crippen LogP contribution >= 0.6 is 15.9 Å². The smallest absolute Gasteiger partial charge is 0.265 e. The van der Waals surface area contributed by atoms with Crippen molar-refractivity contribution in [1.29, 1.82) is 0 Å². The van der Waals surface area contributed by atoms with Crippen LogP contribution in [0.25, 0.3) is 11.6 Å². The van der Waals surface area contributed by atoms with Crippen molar-refractivity contribution in [3.05, 3.63) is 38.9 Å². The molecule has 2 aromatic rings. The minimum Gasteiger partial charge on any atom is -0.461 e. The Morgan fingerprint density at radius 2 is 2.44 bits per heavy atom. The molecule has 0 unspecified atom stereocenters. The molecule has 0 spiro atoms. The van der Waals surface area contributed by atoms with Gasteiger partial charge >= 0.3 is 0 Å². The van der Waals surface area contributed by atoms with Crippen molar-refractivity contribution in [3.8, 4) is 11.6 Å². The summed E-state index contributed by atoms with van der Waals surface area (Å²) in [6.07, 6.45) is 1.52. The van der Waals surface area contributed by atoms with Gasteiger partial charge in [0, 0.05) is 7.11 Å². The molecule has 16 heavy (non-hydrogen) atoms. The number of nitrogens with zero attached hydrogens (tertiary/aromatic N) is 1. The molecule has 84 valence electrons. The number of rotatable bonds is 3. The fourth-order valence-corrected chi connectivity index (χ4v) is 1.57. The molecule has 0 aromatic carbocycles. The van der Waals surface area contributed by atoms with E-state index in [1.54, 1.807) is 19.2 Å². The van der Waals surface area contributed by atoms with Crippen LogP contribution in [0.1, 0.15) is 5.69 Å². The average Bonchev–Trinajstić information content (AvgIpc) is 2.78. The third kappa shape index (κ3) is 2.07. The lowest BCUT2D eigenvalue weighted by Gasteiger charge is -2.03. The maximum atomic E-state index is 11.6.